The first-order valence-electron chi connectivity index (χ1n) is 3.86. The van der Waals surface area contributed by atoms with Gasteiger partial charge in [-0.1, -0.05) is 23.7 Å². The molecule has 66 valence electrons. The standard InChI is InChI=1S/C9H12ClNO/c1-11-12-6-5-8-3-2-4-9(10)7-8/h2-4,7,11H,5-6H2,1H3. The molecule has 1 aromatic carbocycles. The third-order valence-corrected chi connectivity index (χ3v) is 1.76. The van der Waals surface area contributed by atoms with E-state index in [4.69, 9.17) is 16.4 Å². The second kappa shape index (κ2) is 5.14. The van der Waals surface area contributed by atoms with E-state index in [1.54, 1.807) is 7.05 Å². The zero-order valence-corrected chi connectivity index (χ0v) is 7.77. The molecule has 0 aliphatic rings. The molecule has 12 heavy (non-hydrogen) atoms. The van der Waals surface area contributed by atoms with E-state index in [0.717, 1.165) is 11.4 Å². The summed E-state index contributed by atoms with van der Waals surface area (Å²) in [5.41, 5.74) is 3.81. The van der Waals surface area contributed by atoms with Crippen LogP contribution in [-0.2, 0) is 11.3 Å². The monoisotopic (exact) mass is 185 g/mol. The van der Waals surface area contributed by atoms with Crippen LogP contribution in [0.15, 0.2) is 24.3 Å². The molecule has 0 aliphatic carbocycles. The van der Waals surface area contributed by atoms with Gasteiger partial charge in [0.05, 0.1) is 6.61 Å². The van der Waals surface area contributed by atoms with Crippen LogP contribution in [0.2, 0.25) is 5.02 Å². The summed E-state index contributed by atoms with van der Waals surface area (Å²) in [5, 5.41) is 0.775. The molecule has 1 N–H and O–H groups in total. The van der Waals surface area contributed by atoms with E-state index in [1.165, 1.54) is 5.56 Å². The SMILES string of the molecule is CNOCCc1cccc(Cl)c1. The Hall–Kier alpha value is -0.570. The van der Waals surface area contributed by atoms with Crippen molar-refractivity contribution < 1.29 is 4.84 Å². The van der Waals surface area contributed by atoms with Gasteiger partial charge in [-0.3, -0.25) is 0 Å². The lowest BCUT2D eigenvalue weighted by molar-refractivity contribution is 0.0604. The van der Waals surface area contributed by atoms with E-state index in [1.807, 2.05) is 24.3 Å². The Morgan fingerprint density at radius 3 is 3.00 bits per heavy atom. The Kier molecular flexibility index (Phi) is 4.08. The van der Waals surface area contributed by atoms with E-state index in [9.17, 15) is 0 Å². The summed E-state index contributed by atoms with van der Waals surface area (Å²) in [7, 11) is 1.75. The Balaban J connectivity index is 2.41. The molecule has 0 aliphatic heterocycles. The molecular weight excluding hydrogens is 174 g/mol. The molecule has 0 amide bonds. The number of hydrogen-bond donors (Lipinski definition) is 1. The molecule has 0 saturated heterocycles. The largest absolute Gasteiger partial charge is 0.302 e. The van der Waals surface area contributed by atoms with Gasteiger partial charge in [0.25, 0.3) is 0 Å². The highest BCUT2D eigenvalue weighted by atomic mass is 35.5. The van der Waals surface area contributed by atoms with E-state index in [0.29, 0.717) is 6.61 Å². The molecule has 2 nitrogen and oxygen atoms in total. The van der Waals surface area contributed by atoms with Gasteiger partial charge < -0.3 is 4.84 Å². The van der Waals surface area contributed by atoms with Crippen LogP contribution in [0.5, 0.6) is 0 Å². The molecule has 0 bridgehead atoms. The molecule has 0 atom stereocenters. The lowest BCUT2D eigenvalue weighted by Crippen LogP contribution is -2.09. The molecule has 0 heterocycles. The van der Waals surface area contributed by atoms with Crippen molar-refractivity contribution in [3.63, 3.8) is 0 Å². The van der Waals surface area contributed by atoms with Crippen molar-refractivity contribution in [3.8, 4) is 0 Å². The lowest BCUT2D eigenvalue weighted by atomic mass is 10.2. The average Bonchev–Trinajstić information content (AvgIpc) is 2.05. The number of rotatable bonds is 4. The first-order chi connectivity index (χ1) is 5.83. The van der Waals surface area contributed by atoms with Gasteiger partial charge in [0, 0.05) is 12.1 Å². The van der Waals surface area contributed by atoms with Gasteiger partial charge in [-0.05, 0) is 24.1 Å². The van der Waals surface area contributed by atoms with Gasteiger partial charge in [-0.15, -0.1) is 0 Å². The molecule has 0 fully saturated rings. The molecular formula is C9H12ClNO. The average molecular weight is 186 g/mol. The van der Waals surface area contributed by atoms with E-state index >= 15 is 0 Å². The Morgan fingerprint density at radius 2 is 2.33 bits per heavy atom. The summed E-state index contributed by atoms with van der Waals surface area (Å²) in [4.78, 5) is 4.98. The van der Waals surface area contributed by atoms with Gasteiger partial charge in [0.15, 0.2) is 0 Å². The number of benzene rings is 1. The third kappa shape index (κ3) is 3.22. The highest BCUT2D eigenvalue weighted by molar-refractivity contribution is 6.30. The van der Waals surface area contributed by atoms with Gasteiger partial charge >= 0.3 is 0 Å². The maximum Gasteiger partial charge on any atom is 0.0722 e. The van der Waals surface area contributed by atoms with Crippen molar-refractivity contribution in [2.24, 2.45) is 0 Å². The fraction of sp³-hybridized carbons (Fsp3) is 0.333. The third-order valence-electron chi connectivity index (χ3n) is 1.53. The van der Waals surface area contributed by atoms with Crippen LogP contribution in [0.3, 0.4) is 0 Å². The molecule has 0 saturated carbocycles. The van der Waals surface area contributed by atoms with Crippen LogP contribution in [0.1, 0.15) is 5.56 Å². The van der Waals surface area contributed by atoms with Crippen molar-refractivity contribution in [1.29, 1.82) is 0 Å². The summed E-state index contributed by atoms with van der Waals surface area (Å²) in [6.07, 6.45) is 0.876. The zero-order valence-electron chi connectivity index (χ0n) is 7.01. The second-order valence-electron chi connectivity index (χ2n) is 2.43. The number of hydrogen-bond acceptors (Lipinski definition) is 2. The lowest BCUT2D eigenvalue weighted by Gasteiger charge is -2.01. The van der Waals surface area contributed by atoms with Crippen molar-refractivity contribution in [3.05, 3.63) is 34.9 Å². The van der Waals surface area contributed by atoms with Crippen LogP contribution in [-0.4, -0.2) is 13.7 Å². The van der Waals surface area contributed by atoms with Crippen molar-refractivity contribution in [2.45, 2.75) is 6.42 Å². The maximum atomic E-state index is 5.80. The summed E-state index contributed by atoms with van der Waals surface area (Å²) in [6, 6.07) is 7.78. The summed E-state index contributed by atoms with van der Waals surface area (Å²) in [5.74, 6) is 0. The smallest absolute Gasteiger partial charge is 0.0722 e. The van der Waals surface area contributed by atoms with Crippen LogP contribution in [0.25, 0.3) is 0 Å². The summed E-state index contributed by atoms with van der Waals surface area (Å²) in [6.45, 7) is 0.664. The van der Waals surface area contributed by atoms with E-state index < -0.39 is 0 Å². The molecule has 0 radical (unpaired) electrons. The Labute approximate surface area is 77.4 Å². The molecule has 3 heteroatoms. The second-order valence-corrected chi connectivity index (χ2v) is 2.87. The Morgan fingerprint density at radius 1 is 1.50 bits per heavy atom. The minimum Gasteiger partial charge on any atom is -0.302 e. The zero-order chi connectivity index (χ0) is 8.81. The van der Waals surface area contributed by atoms with Crippen LogP contribution in [0.4, 0.5) is 0 Å². The molecule has 0 aromatic heterocycles. The fourth-order valence-electron chi connectivity index (χ4n) is 0.963. The normalized spacial score (nSPS) is 10.2. The van der Waals surface area contributed by atoms with E-state index in [2.05, 4.69) is 5.48 Å². The first-order valence-corrected chi connectivity index (χ1v) is 4.23. The number of hydroxylamine groups is 1. The predicted molar refractivity (Wildman–Crippen MR) is 50.2 cm³/mol. The van der Waals surface area contributed by atoms with Gasteiger partial charge in [0.1, 0.15) is 0 Å². The quantitative estimate of drug-likeness (QED) is 0.573. The van der Waals surface area contributed by atoms with Gasteiger partial charge in [-0.25, -0.2) is 5.48 Å². The highest BCUT2D eigenvalue weighted by Gasteiger charge is 1.93. The predicted octanol–water partition coefficient (Wildman–Crippen LogP) is 2.03. The minimum atomic E-state index is 0.664. The highest BCUT2D eigenvalue weighted by Crippen LogP contribution is 2.10. The molecule has 0 spiro atoms. The number of nitrogens with one attached hydrogen (secondary N) is 1. The number of halogens is 1. The minimum absolute atomic E-state index is 0.664. The summed E-state index contributed by atoms with van der Waals surface area (Å²) >= 11 is 5.80. The molecule has 0 unspecified atom stereocenters. The summed E-state index contributed by atoms with van der Waals surface area (Å²) < 4.78 is 0. The maximum absolute atomic E-state index is 5.80. The molecule has 1 aromatic rings. The van der Waals surface area contributed by atoms with Gasteiger partial charge in [-0.2, -0.15) is 0 Å². The van der Waals surface area contributed by atoms with Crippen LogP contribution in [0, 0.1) is 0 Å². The van der Waals surface area contributed by atoms with Crippen molar-refractivity contribution in [1.82, 2.24) is 5.48 Å². The first kappa shape index (κ1) is 9.52. The Bertz CT molecular complexity index is 240. The van der Waals surface area contributed by atoms with Crippen LogP contribution >= 0.6 is 11.6 Å². The van der Waals surface area contributed by atoms with Crippen LogP contribution < -0.4 is 5.48 Å². The fourth-order valence-corrected chi connectivity index (χ4v) is 1.18. The van der Waals surface area contributed by atoms with E-state index in [-0.39, 0.29) is 0 Å². The van der Waals surface area contributed by atoms with Gasteiger partial charge in [0.2, 0.25) is 0 Å². The van der Waals surface area contributed by atoms with Crippen molar-refractivity contribution >= 4 is 11.6 Å². The topological polar surface area (TPSA) is 21.3 Å². The molecule has 1 rings (SSSR count). The van der Waals surface area contributed by atoms with Crippen molar-refractivity contribution in [2.75, 3.05) is 13.7 Å².